The van der Waals surface area contributed by atoms with Gasteiger partial charge in [0.25, 0.3) is 0 Å². The number of aromatic amines is 1. The number of hydrogen-bond acceptors (Lipinski definition) is 4. The number of phenols is 1. The van der Waals surface area contributed by atoms with Gasteiger partial charge in [-0.05, 0) is 61.4 Å². The summed E-state index contributed by atoms with van der Waals surface area (Å²) in [6.07, 6.45) is 4.50. The Balaban J connectivity index is 1.87. The predicted molar refractivity (Wildman–Crippen MR) is 133 cm³/mol. The molecule has 2 N–H and O–H groups in total. The number of aryl methyl sites for hydroxylation is 3. The van der Waals surface area contributed by atoms with Gasteiger partial charge in [-0.15, -0.1) is 0 Å². The van der Waals surface area contributed by atoms with Gasteiger partial charge >= 0.3 is 0 Å². The number of pyridine rings is 1. The molecule has 1 unspecified atom stereocenters. The zero-order valence-electron chi connectivity index (χ0n) is 19.9. The standard InChI is InChI=1S/C28H35NO4/c1-4-7-20-8-10-21(11-9-20)12-17-25-28(22-13-15-23(30)16-14-22)26(31)18-27(29-25)33-19-24(5-2)32-6-3/h8-11,13-16,18,24,30H,4-7,12,17,19H2,1-3H3,(H,29,31). The topological polar surface area (TPSA) is 71.5 Å². The molecule has 0 aliphatic rings. The summed E-state index contributed by atoms with van der Waals surface area (Å²) in [5, 5.41) is 9.67. The maximum atomic E-state index is 13.1. The molecule has 1 heterocycles. The van der Waals surface area contributed by atoms with Gasteiger partial charge in [0.15, 0.2) is 11.3 Å². The fourth-order valence-corrected chi connectivity index (χ4v) is 3.93. The Morgan fingerprint density at radius 3 is 2.18 bits per heavy atom. The van der Waals surface area contributed by atoms with Gasteiger partial charge < -0.3 is 19.6 Å². The molecule has 0 bridgehead atoms. The van der Waals surface area contributed by atoms with Crippen LogP contribution in [0.15, 0.2) is 59.4 Å². The van der Waals surface area contributed by atoms with Crippen LogP contribution in [0.1, 0.15) is 50.4 Å². The Bertz CT molecular complexity index is 1050. The molecule has 5 heteroatoms. The first-order valence-corrected chi connectivity index (χ1v) is 11.9. The minimum absolute atomic E-state index is 0.0136. The Hall–Kier alpha value is -3.05. The number of rotatable bonds is 12. The number of ether oxygens (including phenoxy) is 2. The van der Waals surface area contributed by atoms with E-state index in [0.29, 0.717) is 31.1 Å². The van der Waals surface area contributed by atoms with E-state index in [-0.39, 0.29) is 17.3 Å². The van der Waals surface area contributed by atoms with Gasteiger partial charge in [-0.3, -0.25) is 4.79 Å². The molecular weight excluding hydrogens is 414 g/mol. The fourth-order valence-electron chi connectivity index (χ4n) is 3.93. The monoisotopic (exact) mass is 449 g/mol. The highest BCUT2D eigenvalue weighted by Gasteiger charge is 2.15. The van der Waals surface area contributed by atoms with E-state index in [0.717, 1.165) is 36.9 Å². The second kappa shape index (κ2) is 12.3. The quantitative estimate of drug-likeness (QED) is 0.373. The summed E-state index contributed by atoms with van der Waals surface area (Å²) in [5.41, 5.74) is 4.67. The number of hydrogen-bond donors (Lipinski definition) is 2. The molecule has 2 aromatic carbocycles. The van der Waals surface area contributed by atoms with Gasteiger partial charge in [0.1, 0.15) is 12.4 Å². The highest BCUT2D eigenvalue weighted by Crippen LogP contribution is 2.25. The fraction of sp³-hybridized carbons (Fsp3) is 0.393. The summed E-state index contributed by atoms with van der Waals surface area (Å²) in [6.45, 7) is 7.21. The summed E-state index contributed by atoms with van der Waals surface area (Å²) in [7, 11) is 0. The Kier molecular flexibility index (Phi) is 9.14. The highest BCUT2D eigenvalue weighted by molar-refractivity contribution is 5.67. The van der Waals surface area contributed by atoms with Crippen molar-refractivity contribution in [2.75, 3.05) is 13.2 Å². The third kappa shape index (κ3) is 6.96. The normalized spacial score (nSPS) is 12.0. The Morgan fingerprint density at radius 1 is 0.909 bits per heavy atom. The third-order valence-electron chi connectivity index (χ3n) is 5.75. The predicted octanol–water partition coefficient (Wildman–Crippen LogP) is 5.68. The average Bonchev–Trinajstić information content (AvgIpc) is 2.82. The lowest BCUT2D eigenvalue weighted by molar-refractivity contribution is 0.0243. The minimum Gasteiger partial charge on any atom is -0.508 e. The first kappa shape index (κ1) is 24.6. The molecule has 0 spiro atoms. The van der Waals surface area contributed by atoms with Crippen LogP contribution in [0.3, 0.4) is 0 Å². The highest BCUT2D eigenvalue weighted by atomic mass is 16.5. The molecule has 176 valence electrons. The zero-order chi connectivity index (χ0) is 23.6. The van der Waals surface area contributed by atoms with E-state index in [4.69, 9.17) is 9.47 Å². The van der Waals surface area contributed by atoms with Gasteiger partial charge in [-0.1, -0.05) is 56.7 Å². The summed E-state index contributed by atoms with van der Waals surface area (Å²) in [4.78, 5) is 16.5. The number of phenolic OH excluding ortho intramolecular Hbond substituents is 1. The van der Waals surface area contributed by atoms with Gasteiger partial charge in [0.2, 0.25) is 0 Å². The van der Waals surface area contributed by atoms with Gasteiger partial charge in [-0.25, -0.2) is 0 Å². The second-order valence-corrected chi connectivity index (χ2v) is 8.26. The lowest BCUT2D eigenvalue weighted by Gasteiger charge is -2.17. The smallest absolute Gasteiger partial charge is 0.194 e. The molecule has 1 atom stereocenters. The SMILES string of the molecule is CCCc1ccc(CCc2[nH]c(OCC(CC)OCC)cc(=O)c2-c2ccc(O)cc2)cc1. The van der Waals surface area contributed by atoms with E-state index in [1.165, 1.54) is 17.2 Å². The Morgan fingerprint density at radius 2 is 1.58 bits per heavy atom. The minimum atomic E-state index is -0.104. The molecule has 5 nitrogen and oxygen atoms in total. The largest absolute Gasteiger partial charge is 0.508 e. The van der Waals surface area contributed by atoms with Crippen molar-refractivity contribution in [3.63, 3.8) is 0 Å². The molecule has 0 amide bonds. The molecule has 3 rings (SSSR count). The lowest BCUT2D eigenvalue weighted by Crippen LogP contribution is -2.22. The first-order chi connectivity index (χ1) is 16.0. The van der Waals surface area contributed by atoms with Crippen LogP contribution in [-0.4, -0.2) is 29.4 Å². The molecule has 0 aliphatic carbocycles. The molecule has 0 radical (unpaired) electrons. The maximum absolute atomic E-state index is 13.1. The van der Waals surface area contributed by atoms with E-state index in [9.17, 15) is 9.90 Å². The zero-order valence-corrected chi connectivity index (χ0v) is 19.9. The van der Waals surface area contributed by atoms with Crippen LogP contribution in [0.4, 0.5) is 0 Å². The van der Waals surface area contributed by atoms with Crippen LogP contribution >= 0.6 is 0 Å². The van der Waals surface area contributed by atoms with Crippen molar-refractivity contribution in [1.82, 2.24) is 4.98 Å². The van der Waals surface area contributed by atoms with Crippen molar-refractivity contribution in [2.24, 2.45) is 0 Å². The van der Waals surface area contributed by atoms with Gasteiger partial charge in [-0.2, -0.15) is 0 Å². The van der Waals surface area contributed by atoms with E-state index in [2.05, 4.69) is 43.1 Å². The van der Waals surface area contributed by atoms with Crippen molar-refractivity contribution in [3.8, 4) is 22.8 Å². The summed E-state index contributed by atoms with van der Waals surface area (Å²) in [6, 6.07) is 16.9. The number of aromatic hydroxyl groups is 1. The van der Waals surface area contributed by atoms with E-state index in [1.54, 1.807) is 24.3 Å². The summed E-state index contributed by atoms with van der Waals surface area (Å²) >= 11 is 0. The van der Waals surface area contributed by atoms with Crippen molar-refractivity contribution in [2.45, 2.75) is 59.0 Å². The molecule has 33 heavy (non-hydrogen) atoms. The van der Waals surface area contributed by atoms with Crippen LogP contribution in [0.25, 0.3) is 11.1 Å². The van der Waals surface area contributed by atoms with Crippen molar-refractivity contribution in [1.29, 1.82) is 0 Å². The number of aromatic nitrogens is 1. The lowest BCUT2D eigenvalue weighted by atomic mass is 9.98. The summed E-state index contributed by atoms with van der Waals surface area (Å²) < 4.78 is 11.6. The van der Waals surface area contributed by atoms with Crippen LogP contribution in [-0.2, 0) is 24.0 Å². The molecular formula is C28H35NO4. The van der Waals surface area contributed by atoms with Crippen molar-refractivity contribution < 1.29 is 14.6 Å². The first-order valence-electron chi connectivity index (χ1n) is 11.9. The molecule has 0 saturated carbocycles. The molecule has 0 aliphatic heterocycles. The average molecular weight is 450 g/mol. The van der Waals surface area contributed by atoms with Crippen molar-refractivity contribution >= 4 is 0 Å². The number of benzene rings is 2. The molecule has 3 aromatic rings. The molecule has 0 saturated heterocycles. The van der Waals surface area contributed by atoms with E-state index >= 15 is 0 Å². The van der Waals surface area contributed by atoms with Gasteiger partial charge in [0, 0.05) is 23.9 Å². The number of H-pyrrole nitrogens is 1. The van der Waals surface area contributed by atoms with Crippen LogP contribution in [0.5, 0.6) is 11.6 Å². The Labute approximate surface area is 196 Å². The molecule has 0 fully saturated rings. The maximum Gasteiger partial charge on any atom is 0.194 e. The van der Waals surface area contributed by atoms with Gasteiger partial charge in [0.05, 0.1) is 6.10 Å². The van der Waals surface area contributed by atoms with Crippen LogP contribution in [0.2, 0.25) is 0 Å². The van der Waals surface area contributed by atoms with Crippen LogP contribution < -0.4 is 10.2 Å². The van der Waals surface area contributed by atoms with Crippen molar-refractivity contribution in [3.05, 3.63) is 81.6 Å². The van der Waals surface area contributed by atoms with E-state index < -0.39 is 0 Å². The second-order valence-electron chi connectivity index (χ2n) is 8.26. The third-order valence-corrected chi connectivity index (χ3v) is 5.75. The van der Waals surface area contributed by atoms with Crippen LogP contribution in [0, 0.1) is 0 Å². The number of nitrogens with one attached hydrogen (secondary N) is 1. The molecule has 1 aromatic heterocycles. The summed E-state index contributed by atoms with van der Waals surface area (Å²) in [5.74, 6) is 0.624. The van der Waals surface area contributed by atoms with E-state index in [1.807, 2.05) is 6.92 Å².